The third kappa shape index (κ3) is 4.03. The molecule has 0 spiro atoms. The van der Waals surface area contributed by atoms with Gasteiger partial charge in [0, 0.05) is 17.7 Å². The van der Waals surface area contributed by atoms with Crippen molar-refractivity contribution in [3.05, 3.63) is 71.0 Å². The third-order valence-electron chi connectivity index (χ3n) is 4.23. The molecule has 132 valence electrons. The molecule has 4 N–H and O–H groups in total. The molecule has 0 aliphatic heterocycles. The number of nitrogens with two attached hydrogens (primary N) is 1. The SMILES string of the molecule is CC(C)(C(=O)O)c1ccc(C(=O)NC(CN)c2ccccc2F)cc1. The van der Waals surface area contributed by atoms with E-state index in [4.69, 9.17) is 5.73 Å². The number of carboxylic acid groups (broad SMARTS) is 1. The minimum Gasteiger partial charge on any atom is -0.481 e. The number of carboxylic acids is 1. The van der Waals surface area contributed by atoms with Crippen LogP contribution < -0.4 is 11.1 Å². The lowest BCUT2D eigenvalue weighted by Crippen LogP contribution is -2.34. The van der Waals surface area contributed by atoms with Crippen molar-refractivity contribution in [1.29, 1.82) is 0 Å². The predicted octanol–water partition coefficient (Wildman–Crippen LogP) is 2.62. The topological polar surface area (TPSA) is 92.4 Å². The van der Waals surface area contributed by atoms with Crippen molar-refractivity contribution in [2.24, 2.45) is 5.73 Å². The Kier molecular flexibility index (Phi) is 5.54. The Hall–Kier alpha value is -2.73. The molecule has 2 rings (SSSR count). The van der Waals surface area contributed by atoms with Crippen molar-refractivity contribution in [3.8, 4) is 0 Å². The first-order valence-corrected chi connectivity index (χ1v) is 7.86. The largest absolute Gasteiger partial charge is 0.481 e. The second kappa shape index (κ2) is 7.44. The molecule has 25 heavy (non-hydrogen) atoms. The van der Waals surface area contributed by atoms with Gasteiger partial charge in [-0.2, -0.15) is 0 Å². The van der Waals surface area contributed by atoms with E-state index < -0.39 is 29.2 Å². The van der Waals surface area contributed by atoms with E-state index in [0.717, 1.165) is 0 Å². The maximum Gasteiger partial charge on any atom is 0.313 e. The lowest BCUT2D eigenvalue weighted by atomic mass is 9.84. The highest BCUT2D eigenvalue weighted by atomic mass is 19.1. The molecule has 6 heteroatoms. The minimum absolute atomic E-state index is 0.0524. The van der Waals surface area contributed by atoms with E-state index in [2.05, 4.69) is 5.32 Å². The Morgan fingerprint density at radius 1 is 1.16 bits per heavy atom. The van der Waals surface area contributed by atoms with Gasteiger partial charge >= 0.3 is 5.97 Å². The van der Waals surface area contributed by atoms with E-state index in [1.807, 2.05) is 0 Å². The van der Waals surface area contributed by atoms with Crippen LogP contribution in [0.1, 0.15) is 41.4 Å². The molecule has 1 amide bonds. The average molecular weight is 344 g/mol. The summed E-state index contributed by atoms with van der Waals surface area (Å²) in [6.07, 6.45) is 0. The van der Waals surface area contributed by atoms with Gasteiger partial charge in [0.05, 0.1) is 11.5 Å². The first-order chi connectivity index (χ1) is 11.8. The fraction of sp³-hybridized carbons (Fsp3) is 0.263. The zero-order valence-electron chi connectivity index (χ0n) is 14.1. The maximum absolute atomic E-state index is 13.9. The Bertz CT molecular complexity index is 772. The summed E-state index contributed by atoms with van der Waals surface area (Å²) in [5, 5.41) is 11.9. The maximum atomic E-state index is 13.9. The highest BCUT2D eigenvalue weighted by Crippen LogP contribution is 2.24. The smallest absolute Gasteiger partial charge is 0.313 e. The van der Waals surface area contributed by atoms with Crippen LogP contribution in [0.5, 0.6) is 0 Å². The number of aliphatic carboxylic acids is 1. The molecule has 0 aliphatic carbocycles. The van der Waals surface area contributed by atoms with E-state index in [0.29, 0.717) is 16.7 Å². The molecule has 1 unspecified atom stereocenters. The van der Waals surface area contributed by atoms with Crippen molar-refractivity contribution in [1.82, 2.24) is 5.32 Å². The van der Waals surface area contributed by atoms with Crippen molar-refractivity contribution in [2.45, 2.75) is 25.3 Å². The van der Waals surface area contributed by atoms with Crippen LogP contribution in [-0.4, -0.2) is 23.5 Å². The standard InChI is InChI=1S/C19H21FN2O3/c1-19(2,18(24)25)13-9-7-12(8-10-13)17(23)22-16(11-21)14-5-3-4-6-15(14)20/h3-10,16H,11,21H2,1-2H3,(H,22,23)(H,24,25). The number of rotatable bonds is 6. The van der Waals surface area contributed by atoms with E-state index in [-0.39, 0.29) is 6.54 Å². The molecule has 0 bridgehead atoms. The normalized spacial score (nSPS) is 12.5. The molecule has 0 aliphatic rings. The average Bonchev–Trinajstić information content (AvgIpc) is 2.60. The summed E-state index contributed by atoms with van der Waals surface area (Å²) in [6, 6.07) is 11.8. The van der Waals surface area contributed by atoms with Gasteiger partial charge in [-0.3, -0.25) is 9.59 Å². The van der Waals surface area contributed by atoms with Crippen molar-refractivity contribution < 1.29 is 19.1 Å². The first kappa shape index (κ1) is 18.6. The van der Waals surface area contributed by atoms with Crippen LogP contribution in [0.15, 0.2) is 48.5 Å². The monoisotopic (exact) mass is 344 g/mol. The summed E-state index contributed by atoms with van der Waals surface area (Å²) in [5.41, 5.74) is 5.87. The molecule has 0 radical (unpaired) electrons. The molecule has 2 aromatic carbocycles. The Labute approximate surface area is 145 Å². The van der Waals surface area contributed by atoms with Crippen LogP contribution in [0.25, 0.3) is 0 Å². The van der Waals surface area contributed by atoms with Crippen LogP contribution in [0.4, 0.5) is 4.39 Å². The summed E-state index contributed by atoms with van der Waals surface area (Å²) in [6.45, 7) is 3.23. The highest BCUT2D eigenvalue weighted by Gasteiger charge is 2.29. The Balaban J connectivity index is 2.18. The van der Waals surface area contributed by atoms with Crippen LogP contribution >= 0.6 is 0 Å². The molecule has 2 aromatic rings. The summed E-state index contributed by atoms with van der Waals surface area (Å²) in [5.74, 6) is -1.79. The number of amides is 1. The molecular formula is C19H21FN2O3. The van der Waals surface area contributed by atoms with Crippen LogP contribution in [-0.2, 0) is 10.2 Å². The second-order valence-electron chi connectivity index (χ2n) is 6.29. The molecule has 0 saturated heterocycles. The summed E-state index contributed by atoms with van der Waals surface area (Å²) < 4.78 is 13.9. The van der Waals surface area contributed by atoms with E-state index in [9.17, 15) is 19.1 Å². The number of hydrogen-bond donors (Lipinski definition) is 3. The van der Waals surface area contributed by atoms with Crippen LogP contribution in [0, 0.1) is 5.82 Å². The minimum atomic E-state index is -1.05. The van der Waals surface area contributed by atoms with Gasteiger partial charge in [-0.15, -0.1) is 0 Å². The molecule has 5 nitrogen and oxygen atoms in total. The molecule has 1 atom stereocenters. The van der Waals surface area contributed by atoms with Gasteiger partial charge in [0.1, 0.15) is 5.82 Å². The zero-order chi connectivity index (χ0) is 18.6. The van der Waals surface area contributed by atoms with Crippen molar-refractivity contribution >= 4 is 11.9 Å². The van der Waals surface area contributed by atoms with Gasteiger partial charge in [0.2, 0.25) is 0 Å². The summed E-state index contributed by atoms with van der Waals surface area (Å²) >= 11 is 0. The third-order valence-corrected chi connectivity index (χ3v) is 4.23. The van der Waals surface area contributed by atoms with E-state index in [1.165, 1.54) is 6.07 Å². The fourth-order valence-corrected chi connectivity index (χ4v) is 2.42. The number of benzene rings is 2. The molecular weight excluding hydrogens is 323 g/mol. The fourth-order valence-electron chi connectivity index (χ4n) is 2.42. The lowest BCUT2D eigenvalue weighted by molar-refractivity contribution is -0.142. The van der Waals surface area contributed by atoms with Gasteiger partial charge < -0.3 is 16.2 Å². The highest BCUT2D eigenvalue weighted by molar-refractivity contribution is 5.94. The first-order valence-electron chi connectivity index (χ1n) is 7.86. The lowest BCUT2D eigenvalue weighted by Gasteiger charge is -2.20. The van der Waals surface area contributed by atoms with Gasteiger partial charge in [-0.05, 0) is 37.6 Å². The van der Waals surface area contributed by atoms with Gasteiger partial charge in [0.15, 0.2) is 0 Å². The number of carbonyl (C=O) groups excluding carboxylic acids is 1. The van der Waals surface area contributed by atoms with Gasteiger partial charge in [-0.1, -0.05) is 30.3 Å². The zero-order valence-corrected chi connectivity index (χ0v) is 14.1. The number of hydrogen-bond acceptors (Lipinski definition) is 3. The van der Waals surface area contributed by atoms with Gasteiger partial charge in [-0.25, -0.2) is 4.39 Å². The van der Waals surface area contributed by atoms with Crippen molar-refractivity contribution in [2.75, 3.05) is 6.54 Å². The number of nitrogens with one attached hydrogen (secondary N) is 1. The predicted molar refractivity (Wildman–Crippen MR) is 92.8 cm³/mol. The summed E-state index contributed by atoms with van der Waals surface area (Å²) in [4.78, 5) is 23.7. The molecule has 0 aromatic heterocycles. The number of carbonyl (C=O) groups is 2. The Morgan fingerprint density at radius 2 is 1.76 bits per heavy atom. The second-order valence-corrected chi connectivity index (χ2v) is 6.29. The van der Waals surface area contributed by atoms with E-state index in [1.54, 1.807) is 56.3 Å². The van der Waals surface area contributed by atoms with Gasteiger partial charge in [0.25, 0.3) is 5.91 Å². The summed E-state index contributed by atoms with van der Waals surface area (Å²) in [7, 11) is 0. The quantitative estimate of drug-likeness (QED) is 0.751. The van der Waals surface area contributed by atoms with Crippen molar-refractivity contribution in [3.63, 3.8) is 0 Å². The molecule has 0 fully saturated rings. The van der Waals surface area contributed by atoms with Crippen LogP contribution in [0.2, 0.25) is 0 Å². The van der Waals surface area contributed by atoms with Crippen LogP contribution in [0.3, 0.4) is 0 Å². The van der Waals surface area contributed by atoms with E-state index >= 15 is 0 Å². The number of halogens is 1. The molecule has 0 saturated carbocycles. The molecule has 0 heterocycles. The Morgan fingerprint density at radius 3 is 2.28 bits per heavy atom.